The van der Waals surface area contributed by atoms with E-state index in [2.05, 4.69) is 10.3 Å². The van der Waals surface area contributed by atoms with E-state index in [0.29, 0.717) is 23.5 Å². The van der Waals surface area contributed by atoms with Crippen molar-refractivity contribution >= 4 is 15.7 Å². The Morgan fingerprint density at radius 2 is 1.77 bits per heavy atom. The number of sulfonamides is 1. The van der Waals surface area contributed by atoms with E-state index in [9.17, 15) is 26.7 Å². The van der Waals surface area contributed by atoms with E-state index < -0.39 is 21.8 Å². The Labute approximate surface area is 229 Å². The summed E-state index contributed by atoms with van der Waals surface area (Å²) >= 11 is 0. The highest BCUT2D eigenvalue weighted by Gasteiger charge is 2.34. The predicted octanol–water partition coefficient (Wildman–Crippen LogP) is 4.27. The number of aliphatic hydroxyl groups excluding tert-OH is 1. The van der Waals surface area contributed by atoms with Gasteiger partial charge in [-0.3, -0.25) is 0 Å². The number of halogens is 3. The van der Waals surface area contributed by atoms with Crippen molar-refractivity contribution in [3.8, 4) is 11.5 Å². The number of ether oxygens (including phenoxy) is 1. The van der Waals surface area contributed by atoms with Crippen LogP contribution in [0, 0.1) is 0 Å². The van der Waals surface area contributed by atoms with Crippen molar-refractivity contribution in [2.75, 3.05) is 25.1 Å². The number of rotatable bonds is 7. The van der Waals surface area contributed by atoms with Crippen LogP contribution in [0.4, 0.5) is 18.9 Å². The molecule has 9 nitrogen and oxygen atoms in total. The summed E-state index contributed by atoms with van der Waals surface area (Å²) in [5.74, 6) is 0.616. The number of aliphatic hydroxyl groups is 1. The highest BCUT2D eigenvalue weighted by Crippen LogP contribution is 2.39. The molecule has 0 aliphatic carbocycles. The lowest BCUT2D eigenvalue weighted by Gasteiger charge is -2.28. The fourth-order valence-electron chi connectivity index (χ4n) is 4.49. The van der Waals surface area contributed by atoms with Crippen LogP contribution in [0.3, 0.4) is 0 Å². The van der Waals surface area contributed by atoms with Gasteiger partial charge in [0.05, 0.1) is 37.2 Å². The molecule has 2 heterocycles. The van der Waals surface area contributed by atoms with E-state index in [1.807, 2.05) is 0 Å². The Balaban J connectivity index is 1.47. The number of fused-ring (bicyclic) bond motifs is 2. The summed E-state index contributed by atoms with van der Waals surface area (Å²) in [5, 5.41) is 17.3. The molecule has 0 atom stereocenters. The molecule has 0 saturated carbocycles. The van der Waals surface area contributed by atoms with E-state index in [4.69, 9.17) is 4.74 Å². The summed E-state index contributed by atoms with van der Waals surface area (Å²) in [6.07, 6.45) is -3.08. The maximum atomic E-state index is 13.9. The van der Waals surface area contributed by atoms with Crippen LogP contribution >= 0.6 is 0 Å². The molecule has 210 valence electrons. The van der Waals surface area contributed by atoms with E-state index >= 15 is 0 Å². The van der Waals surface area contributed by atoms with Crippen LogP contribution in [0.1, 0.15) is 22.4 Å². The topological polar surface area (TPSA) is 101 Å². The Hall–Kier alpha value is -3.94. The lowest BCUT2D eigenvalue weighted by molar-refractivity contribution is -0.138. The van der Waals surface area contributed by atoms with Gasteiger partial charge in [0.2, 0.25) is 10.0 Å². The van der Waals surface area contributed by atoms with Crippen molar-refractivity contribution in [1.82, 2.24) is 19.3 Å². The lowest BCUT2D eigenvalue weighted by Crippen LogP contribution is -2.32. The molecule has 1 N–H and O–H groups in total. The molecule has 0 spiro atoms. The molecule has 0 bridgehead atoms. The van der Waals surface area contributed by atoms with E-state index in [1.165, 1.54) is 39.4 Å². The molecule has 4 aromatic rings. The highest BCUT2D eigenvalue weighted by molar-refractivity contribution is 7.89. The number of alkyl halides is 3. The molecule has 0 radical (unpaired) electrons. The quantitative estimate of drug-likeness (QED) is 0.353. The first-order valence-electron chi connectivity index (χ1n) is 12.3. The average molecular weight is 574 g/mol. The summed E-state index contributed by atoms with van der Waals surface area (Å²) in [6.45, 7) is -0.0979. The van der Waals surface area contributed by atoms with Gasteiger partial charge >= 0.3 is 6.18 Å². The second-order valence-electron chi connectivity index (χ2n) is 9.32. The number of benzene rings is 3. The van der Waals surface area contributed by atoms with Crippen LogP contribution < -0.4 is 9.64 Å². The third-order valence-electron chi connectivity index (χ3n) is 6.54. The van der Waals surface area contributed by atoms with Crippen molar-refractivity contribution in [2.45, 2.75) is 30.7 Å². The Kier molecular flexibility index (Phi) is 7.53. The molecule has 0 unspecified atom stereocenters. The minimum Gasteiger partial charge on any atom is -0.456 e. The first kappa shape index (κ1) is 27.6. The number of aromatic nitrogens is 3. The monoisotopic (exact) mass is 573 g/mol. The molecule has 1 aliphatic heterocycles. The van der Waals surface area contributed by atoms with E-state index in [0.717, 1.165) is 6.07 Å². The van der Waals surface area contributed by atoms with Crippen LogP contribution in [0.2, 0.25) is 0 Å². The normalized spacial score (nSPS) is 14.9. The summed E-state index contributed by atoms with van der Waals surface area (Å²) in [7, 11) is -2.33. The van der Waals surface area contributed by atoms with Crippen molar-refractivity contribution in [2.24, 2.45) is 0 Å². The third kappa shape index (κ3) is 5.67. The zero-order valence-corrected chi connectivity index (χ0v) is 22.2. The zero-order valence-electron chi connectivity index (χ0n) is 21.4. The second-order valence-corrected chi connectivity index (χ2v) is 11.2. The molecule has 40 heavy (non-hydrogen) atoms. The Morgan fingerprint density at radius 3 is 2.55 bits per heavy atom. The molecule has 13 heteroatoms. The molecule has 1 aliphatic rings. The molecule has 0 amide bonds. The van der Waals surface area contributed by atoms with E-state index in [-0.39, 0.29) is 48.1 Å². The number of likely N-dealkylation sites (N-methyl/N-ethyl adjacent to an activating group) is 1. The number of nitrogens with zero attached hydrogens (tertiary/aromatic N) is 5. The molecule has 3 aromatic carbocycles. The Morgan fingerprint density at radius 1 is 1.02 bits per heavy atom. The van der Waals surface area contributed by atoms with Gasteiger partial charge in [-0.25, -0.2) is 13.1 Å². The number of anilines is 1. The van der Waals surface area contributed by atoms with Crippen molar-refractivity contribution in [1.29, 1.82) is 0 Å². The van der Waals surface area contributed by atoms with Gasteiger partial charge in [0, 0.05) is 37.5 Å². The molecule has 1 aromatic heterocycles. The summed E-state index contributed by atoms with van der Waals surface area (Å²) in [4.78, 5) is 1.73. The minimum atomic E-state index is -4.52. The summed E-state index contributed by atoms with van der Waals surface area (Å²) in [6, 6.07) is 17.0. The van der Waals surface area contributed by atoms with E-state index in [1.54, 1.807) is 48.3 Å². The van der Waals surface area contributed by atoms with Crippen LogP contribution in [-0.4, -0.2) is 53.0 Å². The van der Waals surface area contributed by atoms with Crippen LogP contribution in [0.5, 0.6) is 11.5 Å². The standard InChI is InChI=1S/C27H26F3N5O4S/c1-33(12-13-36)22-10-11-26-25(14-22)39-24-9-5-3-7-20(24)16-35(40(26,37)38)18-21-17-34(32-31-21)15-19-6-2-4-8-23(19)27(28,29)30/h2-11,14,17,36H,12-13,15-16,18H2,1H3. The minimum absolute atomic E-state index is 0.0200. The maximum Gasteiger partial charge on any atom is 0.416 e. The van der Waals surface area contributed by atoms with Gasteiger partial charge < -0.3 is 14.7 Å². The molecule has 0 saturated heterocycles. The van der Waals surface area contributed by atoms with Crippen LogP contribution in [0.15, 0.2) is 77.8 Å². The van der Waals surface area contributed by atoms with Gasteiger partial charge in [0.1, 0.15) is 16.4 Å². The van der Waals surface area contributed by atoms with Crippen LogP contribution in [-0.2, 0) is 35.8 Å². The first-order valence-corrected chi connectivity index (χ1v) is 13.8. The zero-order chi connectivity index (χ0) is 28.5. The highest BCUT2D eigenvalue weighted by atomic mass is 32.2. The predicted molar refractivity (Wildman–Crippen MR) is 140 cm³/mol. The molecular formula is C27H26F3N5O4S. The lowest BCUT2D eigenvalue weighted by atomic mass is 10.1. The van der Waals surface area contributed by atoms with Crippen LogP contribution in [0.25, 0.3) is 0 Å². The number of hydrogen-bond donors (Lipinski definition) is 1. The van der Waals surface area contributed by atoms with Gasteiger partial charge in [-0.05, 0) is 29.8 Å². The fourth-order valence-corrected chi connectivity index (χ4v) is 5.98. The van der Waals surface area contributed by atoms with Gasteiger partial charge in [0.15, 0.2) is 0 Å². The number of para-hydroxylation sites is 1. The molecule has 0 fully saturated rings. The van der Waals surface area contributed by atoms with Gasteiger partial charge in [0.25, 0.3) is 0 Å². The molecular weight excluding hydrogens is 547 g/mol. The van der Waals surface area contributed by atoms with Crippen molar-refractivity contribution < 1.29 is 31.4 Å². The smallest absolute Gasteiger partial charge is 0.416 e. The second kappa shape index (κ2) is 10.9. The Bertz CT molecular complexity index is 1620. The SMILES string of the molecule is CN(CCO)c1ccc2c(c1)Oc1ccccc1CN(Cc1cn(Cc3ccccc3C(F)(F)F)nn1)S2(=O)=O. The largest absolute Gasteiger partial charge is 0.456 e. The number of hydrogen-bond acceptors (Lipinski definition) is 7. The summed E-state index contributed by atoms with van der Waals surface area (Å²) in [5.41, 5.74) is 0.808. The summed E-state index contributed by atoms with van der Waals surface area (Å²) < 4.78 is 76.6. The van der Waals surface area contributed by atoms with Crippen molar-refractivity contribution in [3.05, 3.63) is 95.3 Å². The fraction of sp³-hybridized carbons (Fsp3) is 0.259. The van der Waals surface area contributed by atoms with Crippen molar-refractivity contribution in [3.63, 3.8) is 0 Å². The van der Waals surface area contributed by atoms with Gasteiger partial charge in [-0.2, -0.15) is 17.5 Å². The first-order chi connectivity index (χ1) is 19.1. The van der Waals surface area contributed by atoms with Gasteiger partial charge in [-0.1, -0.05) is 41.6 Å². The average Bonchev–Trinajstić information content (AvgIpc) is 3.35. The maximum absolute atomic E-state index is 13.9. The molecule has 5 rings (SSSR count). The van der Waals surface area contributed by atoms with Gasteiger partial charge in [-0.15, -0.1) is 5.10 Å². The third-order valence-corrected chi connectivity index (χ3v) is 8.37.